The Morgan fingerprint density at radius 3 is 2.55 bits per heavy atom. The van der Waals surface area contributed by atoms with Gasteiger partial charge in [0, 0.05) is 6.54 Å². The summed E-state index contributed by atoms with van der Waals surface area (Å²) in [5, 5.41) is 6.94. The number of imide groups is 1. The molecule has 0 aromatic carbocycles. The number of carbonyl (C=O) groups is 2. The highest BCUT2D eigenvalue weighted by Gasteiger charge is 2.53. The number of likely N-dealkylation sites (tertiary alicyclic amines) is 1. The molecule has 3 aliphatic rings. The third-order valence-electron chi connectivity index (χ3n) is 7.05. The van der Waals surface area contributed by atoms with Crippen LogP contribution in [0.5, 0.6) is 0 Å². The normalized spacial score (nSPS) is 31.5. The minimum Gasteiger partial charge on any atom is -0.339 e. The van der Waals surface area contributed by atoms with E-state index in [9.17, 15) is 9.59 Å². The highest BCUT2D eigenvalue weighted by molar-refractivity contribution is 6.07. The van der Waals surface area contributed by atoms with E-state index >= 15 is 0 Å². The van der Waals surface area contributed by atoms with Gasteiger partial charge < -0.3 is 9.84 Å². The molecule has 1 aromatic rings. The fourth-order valence-corrected chi connectivity index (χ4v) is 5.18. The van der Waals surface area contributed by atoms with Crippen LogP contribution in [-0.2, 0) is 4.79 Å². The molecule has 8 nitrogen and oxygen atoms in total. The third kappa shape index (κ3) is 3.91. The van der Waals surface area contributed by atoms with Gasteiger partial charge >= 0.3 is 6.03 Å². The predicted molar refractivity (Wildman–Crippen MR) is 107 cm³/mol. The molecule has 3 amide bonds. The molecule has 1 spiro atoms. The summed E-state index contributed by atoms with van der Waals surface area (Å²) >= 11 is 0. The smallest absolute Gasteiger partial charge is 0.326 e. The fourth-order valence-electron chi connectivity index (χ4n) is 5.18. The lowest BCUT2D eigenvalue weighted by Crippen LogP contribution is -2.51. The largest absolute Gasteiger partial charge is 0.339 e. The lowest BCUT2D eigenvalue weighted by Gasteiger charge is -2.40. The summed E-state index contributed by atoms with van der Waals surface area (Å²) in [7, 11) is 0. The first-order valence-corrected chi connectivity index (χ1v) is 10.8. The van der Waals surface area contributed by atoms with Crippen LogP contribution >= 0.6 is 0 Å². The Morgan fingerprint density at radius 1 is 1.21 bits per heavy atom. The second kappa shape index (κ2) is 7.38. The molecule has 1 atom stereocenters. The van der Waals surface area contributed by atoms with Gasteiger partial charge in [0.1, 0.15) is 5.54 Å². The number of hydrogen-bond donors (Lipinski definition) is 1. The van der Waals surface area contributed by atoms with Gasteiger partial charge in [-0.1, -0.05) is 25.9 Å². The minimum absolute atomic E-state index is 0.0504. The van der Waals surface area contributed by atoms with Crippen molar-refractivity contribution in [3.05, 3.63) is 11.7 Å². The maximum absolute atomic E-state index is 13.3. The van der Waals surface area contributed by atoms with Crippen LogP contribution in [0.2, 0.25) is 0 Å². The van der Waals surface area contributed by atoms with Crippen molar-refractivity contribution in [3.63, 3.8) is 0 Å². The molecular weight excluding hydrogens is 370 g/mol. The molecule has 1 unspecified atom stereocenters. The summed E-state index contributed by atoms with van der Waals surface area (Å²) < 4.78 is 5.34. The first kappa shape index (κ1) is 20.3. The van der Waals surface area contributed by atoms with Gasteiger partial charge in [0.05, 0.1) is 12.6 Å². The van der Waals surface area contributed by atoms with E-state index in [2.05, 4.69) is 41.1 Å². The van der Waals surface area contributed by atoms with Crippen LogP contribution in [0.4, 0.5) is 4.79 Å². The third-order valence-corrected chi connectivity index (χ3v) is 7.05. The molecule has 160 valence electrons. The van der Waals surface area contributed by atoms with Crippen LogP contribution in [0.15, 0.2) is 4.52 Å². The quantitative estimate of drug-likeness (QED) is 0.780. The Kier molecular flexibility index (Phi) is 5.17. The number of aromatic nitrogens is 2. The van der Waals surface area contributed by atoms with Gasteiger partial charge in [-0.05, 0) is 63.3 Å². The van der Waals surface area contributed by atoms with Crippen molar-refractivity contribution >= 4 is 11.9 Å². The van der Waals surface area contributed by atoms with Crippen molar-refractivity contribution < 1.29 is 14.1 Å². The van der Waals surface area contributed by atoms with Crippen molar-refractivity contribution in [3.8, 4) is 0 Å². The number of piperidine rings is 1. The molecule has 8 heteroatoms. The zero-order valence-electron chi connectivity index (χ0n) is 18.0. The standard InChI is InChI=1S/C21H33N5O3/c1-14-22-17(29-24-14)15-6-5-11-25(12-15)13-26-18(27)21(23-19(26)28)9-7-16(8-10-21)20(2,3)4/h15-16H,5-13H2,1-4H3,(H,23,28). The summed E-state index contributed by atoms with van der Waals surface area (Å²) in [6.45, 7) is 10.5. The molecule has 1 aromatic heterocycles. The number of carbonyl (C=O) groups excluding carboxylic acids is 2. The predicted octanol–water partition coefficient (Wildman–Crippen LogP) is 3.04. The number of amides is 3. The van der Waals surface area contributed by atoms with Gasteiger partial charge in [-0.3, -0.25) is 9.69 Å². The van der Waals surface area contributed by atoms with Crippen molar-refractivity contribution in [1.82, 2.24) is 25.3 Å². The molecule has 3 fully saturated rings. The highest BCUT2D eigenvalue weighted by Crippen LogP contribution is 2.43. The summed E-state index contributed by atoms with van der Waals surface area (Å²) in [6, 6.07) is -0.250. The second-order valence-corrected chi connectivity index (χ2v) is 10.1. The SMILES string of the molecule is Cc1noc(C2CCCN(CN3C(=O)NC4(CCC(C(C)(C)C)CC4)C3=O)C2)n1. The fraction of sp³-hybridized carbons (Fsp3) is 0.810. The molecule has 1 saturated carbocycles. The van der Waals surface area contributed by atoms with E-state index in [1.165, 1.54) is 4.90 Å². The van der Waals surface area contributed by atoms with Crippen LogP contribution in [-0.4, -0.2) is 57.2 Å². The average molecular weight is 404 g/mol. The van der Waals surface area contributed by atoms with E-state index in [4.69, 9.17) is 4.52 Å². The van der Waals surface area contributed by atoms with E-state index in [0.717, 1.165) is 51.6 Å². The lowest BCUT2D eigenvalue weighted by molar-refractivity contribution is -0.134. The van der Waals surface area contributed by atoms with Crippen LogP contribution in [0.25, 0.3) is 0 Å². The van der Waals surface area contributed by atoms with Crippen molar-refractivity contribution in [2.24, 2.45) is 11.3 Å². The Balaban J connectivity index is 1.39. The Labute approximate surface area is 172 Å². The van der Waals surface area contributed by atoms with E-state index in [-0.39, 0.29) is 23.3 Å². The molecule has 29 heavy (non-hydrogen) atoms. The molecule has 0 bridgehead atoms. The van der Waals surface area contributed by atoms with Crippen LogP contribution < -0.4 is 5.32 Å². The number of aryl methyl sites for hydroxylation is 1. The van der Waals surface area contributed by atoms with Gasteiger partial charge in [-0.2, -0.15) is 4.98 Å². The van der Waals surface area contributed by atoms with Gasteiger partial charge in [-0.25, -0.2) is 9.69 Å². The van der Waals surface area contributed by atoms with Crippen LogP contribution in [0.3, 0.4) is 0 Å². The Bertz CT molecular complexity index is 776. The van der Waals surface area contributed by atoms with Crippen LogP contribution in [0, 0.1) is 18.3 Å². The number of rotatable bonds is 3. The average Bonchev–Trinajstić information content (AvgIpc) is 3.19. The molecule has 3 heterocycles. The number of urea groups is 1. The molecule has 0 radical (unpaired) electrons. The molecular formula is C21H33N5O3. The first-order chi connectivity index (χ1) is 13.7. The summed E-state index contributed by atoms with van der Waals surface area (Å²) in [6.07, 6.45) is 5.39. The lowest BCUT2D eigenvalue weighted by atomic mass is 9.67. The van der Waals surface area contributed by atoms with Gasteiger partial charge in [0.2, 0.25) is 5.89 Å². The zero-order valence-corrected chi connectivity index (χ0v) is 18.0. The van der Waals surface area contributed by atoms with Crippen LogP contribution in [0.1, 0.15) is 76.9 Å². The van der Waals surface area contributed by atoms with Crippen molar-refractivity contribution in [2.45, 2.75) is 77.7 Å². The summed E-state index contributed by atoms with van der Waals surface area (Å²) in [5.41, 5.74) is -0.458. The van der Waals surface area contributed by atoms with E-state index in [1.54, 1.807) is 0 Å². The first-order valence-electron chi connectivity index (χ1n) is 10.8. The van der Waals surface area contributed by atoms with Crippen molar-refractivity contribution in [2.75, 3.05) is 19.8 Å². The zero-order chi connectivity index (χ0) is 20.8. The number of nitrogens with one attached hydrogen (secondary N) is 1. The molecule has 1 aliphatic carbocycles. The molecule has 1 N–H and O–H groups in total. The Hall–Kier alpha value is -1.96. The summed E-state index contributed by atoms with van der Waals surface area (Å²) in [4.78, 5) is 33.9. The number of nitrogens with zero attached hydrogens (tertiary/aromatic N) is 4. The van der Waals surface area contributed by atoms with E-state index in [0.29, 0.717) is 24.3 Å². The summed E-state index contributed by atoms with van der Waals surface area (Å²) in [5.74, 6) is 1.99. The van der Waals surface area contributed by atoms with Gasteiger partial charge in [0.15, 0.2) is 5.82 Å². The van der Waals surface area contributed by atoms with Crippen molar-refractivity contribution in [1.29, 1.82) is 0 Å². The Morgan fingerprint density at radius 2 is 1.93 bits per heavy atom. The van der Waals surface area contributed by atoms with Gasteiger partial charge in [-0.15, -0.1) is 0 Å². The topological polar surface area (TPSA) is 91.6 Å². The molecule has 4 rings (SSSR count). The number of hydrogen-bond acceptors (Lipinski definition) is 6. The monoisotopic (exact) mass is 403 g/mol. The molecule has 2 aliphatic heterocycles. The minimum atomic E-state index is -0.697. The van der Waals surface area contributed by atoms with E-state index < -0.39 is 5.54 Å². The highest BCUT2D eigenvalue weighted by atomic mass is 16.5. The maximum Gasteiger partial charge on any atom is 0.326 e. The second-order valence-electron chi connectivity index (χ2n) is 10.1. The van der Waals surface area contributed by atoms with E-state index in [1.807, 2.05) is 6.92 Å². The molecule has 2 saturated heterocycles. The van der Waals surface area contributed by atoms with Gasteiger partial charge in [0.25, 0.3) is 5.91 Å². The maximum atomic E-state index is 13.3.